The van der Waals surface area contributed by atoms with Gasteiger partial charge in [-0.2, -0.15) is 0 Å². The average molecular weight is 365 g/mol. The van der Waals surface area contributed by atoms with Crippen molar-refractivity contribution in [3.63, 3.8) is 0 Å². The van der Waals surface area contributed by atoms with E-state index in [1.54, 1.807) is 0 Å². The molecule has 0 unspecified atom stereocenters. The summed E-state index contributed by atoms with van der Waals surface area (Å²) in [5.41, 5.74) is 2.16. The summed E-state index contributed by atoms with van der Waals surface area (Å²) < 4.78 is 0. The van der Waals surface area contributed by atoms with Crippen LogP contribution < -0.4 is 16.0 Å². The number of urea groups is 1. The summed E-state index contributed by atoms with van der Waals surface area (Å²) in [5.74, 6) is -0.140. The minimum atomic E-state index is -0.843. The molecule has 1 aliphatic rings. The Morgan fingerprint density at radius 2 is 1.59 bits per heavy atom. The predicted octanol–water partition coefficient (Wildman–Crippen LogP) is 4.00. The maximum absolute atomic E-state index is 12.9. The largest absolute Gasteiger partial charge is 0.334 e. The van der Waals surface area contributed by atoms with E-state index in [0.717, 1.165) is 30.5 Å². The van der Waals surface area contributed by atoms with Crippen LogP contribution in [0.25, 0.3) is 0 Å². The third-order valence-corrected chi connectivity index (χ3v) is 5.16. The maximum atomic E-state index is 12.9. The molecule has 1 fully saturated rings. The third-order valence-electron chi connectivity index (χ3n) is 5.16. The lowest BCUT2D eigenvalue weighted by Gasteiger charge is -2.29. The van der Waals surface area contributed by atoms with Gasteiger partial charge in [0.15, 0.2) is 0 Å². The van der Waals surface area contributed by atoms with Crippen LogP contribution in [0.3, 0.4) is 0 Å². The van der Waals surface area contributed by atoms with E-state index in [0.29, 0.717) is 19.4 Å². The highest BCUT2D eigenvalue weighted by Crippen LogP contribution is 2.31. The third kappa shape index (κ3) is 4.88. The molecule has 0 aliphatic heterocycles. The molecule has 1 aliphatic carbocycles. The molecule has 3 amide bonds. The number of carbonyl (C=O) groups excluding carboxylic acids is 2. The molecule has 0 heterocycles. The lowest BCUT2D eigenvalue weighted by Crippen LogP contribution is -2.57. The molecule has 0 aromatic heterocycles. The molecule has 0 atom stereocenters. The van der Waals surface area contributed by atoms with Gasteiger partial charge in [0, 0.05) is 12.2 Å². The average Bonchev–Trinajstić information content (AvgIpc) is 3.17. The summed E-state index contributed by atoms with van der Waals surface area (Å²) in [5, 5.41) is 8.77. The number of anilines is 1. The summed E-state index contributed by atoms with van der Waals surface area (Å²) in [7, 11) is 0. The van der Waals surface area contributed by atoms with Crippen molar-refractivity contribution < 1.29 is 9.59 Å². The lowest BCUT2D eigenvalue weighted by atomic mass is 9.96. The van der Waals surface area contributed by atoms with Gasteiger partial charge in [0.2, 0.25) is 5.91 Å². The zero-order chi connectivity index (χ0) is 19.1. The van der Waals surface area contributed by atoms with E-state index in [1.807, 2.05) is 54.6 Å². The Bertz CT molecular complexity index is 766. The van der Waals surface area contributed by atoms with Gasteiger partial charge in [-0.05, 0) is 42.5 Å². The highest BCUT2D eigenvalue weighted by Gasteiger charge is 2.42. The molecule has 27 heavy (non-hydrogen) atoms. The van der Waals surface area contributed by atoms with Crippen LogP contribution in [0.4, 0.5) is 10.5 Å². The first-order chi connectivity index (χ1) is 13.1. The monoisotopic (exact) mass is 365 g/mol. The van der Waals surface area contributed by atoms with Gasteiger partial charge in [0.1, 0.15) is 5.54 Å². The van der Waals surface area contributed by atoms with E-state index in [9.17, 15) is 9.59 Å². The van der Waals surface area contributed by atoms with Gasteiger partial charge >= 0.3 is 6.03 Å². The van der Waals surface area contributed by atoms with E-state index >= 15 is 0 Å². The van der Waals surface area contributed by atoms with Crippen molar-refractivity contribution in [1.29, 1.82) is 0 Å². The van der Waals surface area contributed by atoms with Crippen LogP contribution in [0.15, 0.2) is 54.6 Å². The van der Waals surface area contributed by atoms with Crippen molar-refractivity contribution in [2.24, 2.45) is 0 Å². The zero-order valence-corrected chi connectivity index (χ0v) is 15.8. The molecule has 142 valence electrons. The van der Waals surface area contributed by atoms with E-state index in [1.165, 1.54) is 5.56 Å². The van der Waals surface area contributed by atoms with Crippen molar-refractivity contribution in [2.45, 2.75) is 51.1 Å². The highest BCUT2D eigenvalue weighted by molar-refractivity contribution is 6.00. The van der Waals surface area contributed by atoms with Gasteiger partial charge in [-0.1, -0.05) is 62.2 Å². The molecule has 1 saturated carbocycles. The number of benzene rings is 2. The molecular formula is C22H27N3O2. The van der Waals surface area contributed by atoms with Crippen LogP contribution in [-0.2, 0) is 17.8 Å². The number of carbonyl (C=O) groups is 2. The lowest BCUT2D eigenvalue weighted by molar-refractivity contribution is -0.121. The molecule has 2 aromatic rings. The van der Waals surface area contributed by atoms with Crippen LogP contribution in [0.5, 0.6) is 0 Å². The van der Waals surface area contributed by atoms with E-state index < -0.39 is 5.54 Å². The molecular weight excluding hydrogens is 338 g/mol. The fraction of sp³-hybridized carbons (Fsp3) is 0.364. The quantitative estimate of drug-likeness (QED) is 0.724. The van der Waals surface area contributed by atoms with Crippen molar-refractivity contribution in [1.82, 2.24) is 10.6 Å². The Labute approximate surface area is 160 Å². The Morgan fingerprint density at radius 1 is 0.926 bits per heavy atom. The van der Waals surface area contributed by atoms with Crippen LogP contribution in [0, 0.1) is 0 Å². The smallest absolute Gasteiger partial charge is 0.315 e. The SMILES string of the molecule is CCc1ccc(NC(=O)C2(NC(=O)NCc3ccccc3)CCCC2)cc1. The number of amides is 3. The fourth-order valence-electron chi connectivity index (χ4n) is 3.50. The second-order valence-electron chi connectivity index (χ2n) is 7.09. The van der Waals surface area contributed by atoms with Gasteiger partial charge in [-0.15, -0.1) is 0 Å². The first-order valence-corrected chi connectivity index (χ1v) is 9.62. The molecule has 0 radical (unpaired) electrons. The topological polar surface area (TPSA) is 70.2 Å². The zero-order valence-electron chi connectivity index (χ0n) is 15.8. The van der Waals surface area contributed by atoms with Crippen LogP contribution in [0.2, 0.25) is 0 Å². The molecule has 0 saturated heterocycles. The summed E-state index contributed by atoms with van der Waals surface area (Å²) in [4.78, 5) is 25.4. The molecule has 3 N–H and O–H groups in total. The van der Waals surface area contributed by atoms with E-state index in [2.05, 4.69) is 22.9 Å². The van der Waals surface area contributed by atoms with Crippen LogP contribution in [-0.4, -0.2) is 17.5 Å². The Kier molecular flexibility index (Phi) is 6.12. The maximum Gasteiger partial charge on any atom is 0.315 e. The Morgan fingerprint density at radius 3 is 2.22 bits per heavy atom. The molecule has 3 rings (SSSR count). The van der Waals surface area contributed by atoms with Crippen LogP contribution >= 0.6 is 0 Å². The predicted molar refractivity (Wildman–Crippen MR) is 107 cm³/mol. The Balaban J connectivity index is 1.61. The van der Waals surface area contributed by atoms with E-state index in [4.69, 9.17) is 0 Å². The first-order valence-electron chi connectivity index (χ1n) is 9.62. The number of hydrogen-bond donors (Lipinski definition) is 3. The summed E-state index contributed by atoms with van der Waals surface area (Å²) >= 11 is 0. The minimum absolute atomic E-state index is 0.140. The van der Waals surface area contributed by atoms with Gasteiger partial charge in [0.25, 0.3) is 0 Å². The number of nitrogens with one attached hydrogen (secondary N) is 3. The van der Waals surface area contributed by atoms with Crippen molar-refractivity contribution in [3.8, 4) is 0 Å². The van der Waals surface area contributed by atoms with Crippen molar-refractivity contribution >= 4 is 17.6 Å². The fourth-order valence-corrected chi connectivity index (χ4v) is 3.50. The number of rotatable bonds is 6. The summed E-state index contributed by atoms with van der Waals surface area (Å²) in [6.07, 6.45) is 4.14. The summed E-state index contributed by atoms with van der Waals surface area (Å²) in [6.45, 7) is 2.53. The van der Waals surface area contributed by atoms with Crippen LogP contribution in [0.1, 0.15) is 43.7 Å². The van der Waals surface area contributed by atoms with Crippen molar-refractivity contribution in [3.05, 3.63) is 65.7 Å². The Hall–Kier alpha value is -2.82. The molecule has 5 heteroatoms. The normalized spacial score (nSPS) is 15.1. The van der Waals surface area contributed by atoms with Gasteiger partial charge in [0.05, 0.1) is 0 Å². The number of hydrogen-bond acceptors (Lipinski definition) is 2. The molecule has 0 bridgehead atoms. The molecule has 2 aromatic carbocycles. The van der Waals surface area contributed by atoms with Gasteiger partial charge in [-0.25, -0.2) is 4.79 Å². The molecule has 5 nitrogen and oxygen atoms in total. The van der Waals surface area contributed by atoms with E-state index in [-0.39, 0.29) is 11.9 Å². The highest BCUT2D eigenvalue weighted by atomic mass is 16.2. The number of aryl methyl sites for hydroxylation is 1. The second-order valence-corrected chi connectivity index (χ2v) is 7.09. The molecule has 0 spiro atoms. The van der Waals surface area contributed by atoms with Crippen molar-refractivity contribution in [2.75, 3.05) is 5.32 Å². The second kappa shape index (κ2) is 8.71. The minimum Gasteiger partial charge on any atom is -0.334 e. The standard InChI is InChI=1S/C22H27N3O2/c1-2-17-10-12-19(13-11-17)24-20(26)22(14-6-7-15-22)25-21(27)23-16-18-8-4-3-5-9-18/h3-5,8-13H,2,6-7,14-16H2,1H3,(H,24,26)(H2,23,25,27). The van der Waals surface area contributed by atoms with Gasteiger partial charge in [-0.3, -0.25) is 4.79 Å². The summed E-state index contributed by atoms with van der Waals surface area (Å²) in [6, 6.07) is 17.3. The van der Waals surface area contributed by atoms with Gasteiger partial charge < -0.3 is 16.0 Å². The first kappa shape index (κ1) is 19.0.